The molecule has 0 spiro atoms. The minimum Gasteiger partial charge on any atom is -0.387 e. The summed E-state index contributed by atoms with van der Waals surface area (Å²) in [4.78, 5) is 6.11. The number of likely N-dealkylation sites (tertiary alicyclic amines) is 1. The summed E-state index contributed by atoms with van der Waals surface area (Å²) in [7, 11) is 0. The number of piperidine rings is 1. The summed E-state index contributed by atoms with van der Waals surface area (Å²) in [6.45, 7) is 2.96. The zero-order valence-electron chi connectivity index (χ0n) is 12.8. The van der Waals surface area contributed by atoms with Gasteiger partial charge in [-0.05, 0) is 43.0 Å². The number of nitrogens with zero attached hydrogens (tertiary/aromatic N) is 4. The molecule has 0 unspecified atom stereocenters. The Morgan fingerprint density at radius 1 is 1.30 bits per heavy atom. The standard InChI is InChI=1S/C16H20F2N4O/c17-14-4-3-13(6-15(14)18)16(23)9-21-5-1-2-12(7-21)8-22-11-19-10-20-22/h3-4,6,10-12,16,23H,1-2,5,7-9H2/t12-,16+/m1/s1. The predicted octanol–water partition coefficient (Wildman–Crippen LogP) is 2.00. The first-order valence-electron chi connectivity index (χ1n) is 7.79. The van der Waals surface area contributed by atoms with Crippen LogP contribution in [-0.4, -0.2) is 44.4 Å². The maximum absolute atomic E-state index is 13.3. The van der Waals surface area contributed by atoms with Gasteiger partial charge >= 0.3 is 0 Å². The van der Waals surface area contributed by atoms with Crippen molar-refractivity contribution in [2.24, 2.45) is 5.92 Å². The first kappa shape index (κ1) is 16.0. The number of aliphatic hydroxyl groups excluding tert-OH is 1. The molecule has 2 atom stereocenters. The quantitative estimate of drug-likeness (QED) is 0.915. The Balaban J connectivity index is 1.57. The molecule has 1 aliphatic rings. The van der Waals surface area contributed by atoms with Gasteiger partial charge in [0.2, 0.25) is 0 Å². The van der Waals surface area contributed by atoms with E-state index >= 15 is 0 Å². The van der Waals surface area contributed by atoms with E-state index in [9.17, 15) is 13.9 Å². The van der Waals surface area contributed by atoms with Crippen molar-refractivity contribution in [2.75, 3.05) is 19.6 Å². The molecule has 1 fully saturated rings. The van der Waals surface area contributed by atoms with Gasteiger partial charge < -0.3 is 10.0 Å². The molecule has 0 amide bonds. The van der Waals surface area contributed by atoms with Gasteiger partial charge in [-0.15, -0.1) is 0 Å². The molecule has 124 valence electrons. The molecule has 1 N–H and O–H groups in total. The molecule has 1 aromatic carbocycles. The third kappa shape index (κ3) is 4.11. The molecule has 1 saturated heterocycles. The van der Waals surface area contributed by atoms with E-state index in [4.69, 9.17) is 0 Å². The number of hydrogen-bond acceptors (Lipinski definition) is 4. The summed E-state index contributed by atoms with van der Waals surface area (Å²) in [5.41, 5.74) is 0.405. The summed E-state index contributed by atoms with van der Waals surface area (Å²) >= 11 is 0. The highest BCUT2D eigenvalue weighted by Gasteiger charge is 2.23. The van der Waals surface area contributed by atoms with Gasteiger partial charge in [-0.25, -0.2) is 13.8 Å². The highest BCUT2D eigenvalue weighted by Crippen LogP contribution is 2.22. The maximum atomic E-state index is 13.3. The third-order valence-electron chi connectivity index (χ3n) is 4.27. The molecule has 0 bridgehead atoms. The second kappa shape index (κ2) is 7.14. The maximum Gasteiger partial charge on any atom is 0.159 e. The lowest BCUT2D eigenvalue weighted by Gasteiger charge is -2.33. The average Bonchev–Trinajstić information content (AvgIpc) is 3.03. The van der Waals surface area contributed by atoms with Crippen molar-refractivity contribution in [2.45, 2.75) is 25.5 Å². The Morgan fingerprint density at radius 3 is 2.91 bits per heavy atom. The number of benzene rings is 1. The lowest BCUT2D eigenvalue weighted by molar-refractivity contribution is 0.0797. The van der Waals surface area contributed by atoms with Gasteiger partial charge in [0, 0.05) is 19.6 Å². The molecule has 2 aromatic rings. The number of hydrogen-bond donors (Lipinski definition) is 1. The normalized spacial score (nSPS) is 20.6. The van der Waals surface area contributed by atoms with Crippen molar-refractivity contribution in [1.29, 1.82) is 0 Å². The summed E-state index contributed by atoms with van der Waals surface area (Å²) in [6, 6.07) is 3.55. The fraction of sp³-hybridized carbons (Fsp3) is 0.500. The highest BCUT2D eigenvalue weighted by molar-refractivity contribution is 5.20. The van der Waals surface area contributed by atoms with Crippen LogP contribution in [0.15, 0.2) is 30.9 Å². The molecule has 23 heavy (non-hydrogen) atoms. The van der Waals surface area contributed by atoms with Crippen LogP contribution in [0.25, 0.3) is 0 Å². The Morgan fingerprint density at radius 2 is 2.17 bits per heavy atom. The molecular formula is C16H20F2N4O. The Labute approximate surface area is 133 Å². The van der Waals surface area contributed by atoms with Crippen molar-refractivity contribution in [1.82, 2.24) is 19.7 Å². The van der Waals surface area contributed by atoms with E-state index in [1.54, 1.807) is 6.33 Å². The number of aromatic nitrogens is 3. The van der Waals surface area contributed by atoms with Gasteiger partial charge in [0.1, 0.15) is 12.7 Å². The largest absolute Gasteiger partial charge is 0.387 e. The second-order valence-electron chi connectivity index (χ2n) is 6.07. The lowest BCUT2D eigenvalue weighted by Crippen LogP contribution is -2.39. The summed E-state index contributed by atoms with van der Waals surface area (Å²) < 4.78 is 28.1. The van der Waals surface area contributed by atoms with Crippen molar-refractivity contribution in [3.05, 3.63) is 48.1 Å². The lowest BCUT2D eigenvalue weighted by atomic mass is 9.97. The van der Waals surface area contributed by atoms with Crippen molar-refractivity contribution < 1.29 is 13.9 Å². The molecular weight excluding hydrogens is 302 g/mol. The molecule has 0 radical (unpaired) electrons. The van der Waals surface area contributed by atoms with Gasteiger partial charge in [0.25, 0.3) is 0 Å². The first-order chi connectivity index (χ1) is 11.1. The monoisotopic (exact) mass is 322 g/mol. The van der Waals surface area contributed by atoms with Crippen LogP contribution in [0.4, 0.5) is 8.78 Å². The smallest absolute Gasteiger partial charge is 0.159 e. The molecule has 7 heteroatoms. The Bertz CT molecular complexity index is 635. The van der Waals surface area contributed by atoms with Crippen LogP contribution in [0.5, 0.6) is 0 Å². The van der Waals surface area contributed by atoms with E-state index < -0.39 is 17.7 Å². The van der Waals surface area contributed by atoms with Gasteiger partial charge in [-0.1, -0.05) is 6.07 Å². The zero-order valence-corrected chi connectivity index (χ0v) is 12.8. The molecule has 1 aliphatic heterocycles. The van der Waals surface area contributed by atoms with Gasteiger partial charge in [-0.3, -0.25) is 4.68 Å². The van der Waals surface area contributed by atoms with E-state index in [-0.39, 0.29) is 0 Å². The van der Waals surface area contributed by atoms with Crippen LogP contribution < -0.4 is 0 Å². The summed E-state index contributed by atoms with van der Waals surface area (Å²) in [5, 5.41) is 14.4. The number of aliphatic hydroxyl groups is 1. The van der Waals surface area contributed by atoms with Crippen LogP contribution in [0.2, 0.25) is 0 Å². The fourth-order valence-electron chi connectivity index (χ4n) is 3.13. The molecule has 3 rings (SSSR count). The highest BCUT2D eigenvalue weighted by atomic mass is 19.2. The minimum atomic E-state index is -0.927. The van der Waals surface area contributed by atoms with Crippen molar-refractivity contribution in [3.8, 4) is 0 Å². The first-order valence-corrected chi connectivity index (χ1v) is 7.79. The topological polar surface area (TPSA) is 54.2 Å². The molecule has 0 saturated carbocycles. The average molecular weight is 322 g/mol. The van der Waals surface area contributed by atoms with Crippen molar-refractivity contribution >= 4 is 0 Å². The predicted molar refractivity (Wildman–Crippen MR) is 80.5 cm³/mol. The number of rotatable bonds is 5. The number of halogens is 2. The third-order valence-corrected chi connectivity index (χ3v) is 4.27. The van der Waals surface area contributed by atoms with Crippen LogP contribution in [0, 0.1) is 17.6 Å². The van der Waals surface area contributed by atoms with Crippen molar-refractivity contribution in [3.63, 3.8) is 0 Å². The molecule has 2 heterocycles. The second-order valence-corrected chi connectivity index (χ2v) is 6.07. The van der Waals surface area contributed by atoms with Gasteiger partial charge in [0.05, 0.1) is 6.10 Å². The minimum absolute atomic E-state index is 0.405. The molecule has 0 aliphatic carbocycles. The molecule has 5 nitrogen and oxygen atoms in total. The number of β-amino-alcohol motifs (C(OH)–C–C–N with tert-alkyl or cyclic N) is 1. The van der Waals surface area contributed by atoms with Gasteiger partial charge in [0.15, 0.2) is 11.6 Å². The Kier molecular flexibility index (Phi) is 4.97. The Hall–Kier alpha value is -1.86. The fourth-order valence-corrected chi connectivity index (χ4v) is 3.13. The van der Waals surface area contributed by atoms with E-state index in [0.29, 0.717) is 18.0 Å². The van der Waals surface area contributed by atoms with Crippen LogP contribution in [-0.2, 0) is 6.54 Å². The van der Waals surface area contributed by atoms with E-state index in [1.807, 2.05) is 4.68 Å². The van der Waals surface area contributed by atoms with E-state index in [1.165, 1.54) is 12.4 Å². The van der Waals surface area contributed by atoms with Gasteiger partial charge in [-0.2, -0.15) is 5.10 Å². The molecule has 1 aromatic heterocycles. The van der Waals surface area contributed by atoms with Crippen LogP contribution in [0.3, 0.4) is 0 Å². The van der Waals surface area contributed by atoms with Crippen LogP contribution >= 0.6 is 0 Å². The van der Waals surface area contributed by atoms with Crippen LogP contribution in [0.1, 0.15) is 24.5 Å². The summed E-state index contributed by atoms with van der Waals surface area (Å²) in [6.07, 6.45) is 4.56. The SMILES string of the molecule is O[C@@H](CN1CCC[C@@H](Cn2cncn2)C1)c1ccc(F)c(F)c1. The van der Waals surface area contributed by atoms with E-state index in [2.05, 4.69) is 15.0 Å². The summed E-state index contributed by atoms with van der Waals surface area (Å²) in [5.74, 6) is -1.38. The van der Waals surface area contributed by atoms with E-state index in [0.717, 1.165) is 44.6 Å². The zero-order chi connectivity index (χ0) is 16.2.